The van der Waals surface area contributed by atoms with E-state index in [-0.39, 0.29) is 10.8 Å². The molecule has 2 heterocycles. The molecule has 3 rings (SSSR count). The first-order valence-electron chi connectivity index (χ1n) is 9.87. The van der Waals surface area contributed by atoms with Gasteiger partial charge in [-0.25, -0.2) is 9.37 Å². The summed E-state index contributed by atoms with van der Waals surface area (Å²) in [6.07, 6.45) is -14.5. The van der Waals surface area contributed by atoms with Gasteiger partial charge in [-0.1, -0.05) is 11.6 Å². The van der Waals surface area contributed by atoms with E-state index < -0.39 is 64.7 Å². The van der Waals surface area contributed by atoms with Gasteiger partial charge in [0.15, 0.2) is 11.3 Å². The van der Waals surface area contributed by atoms with E-state index in [1.54, 1.807) is 0 Å². The highest BCUT2D eigenvalue weighted by atomic mass is 35.5. The van der Waals surface area contributed by atoms with Gasteiger partial charge < -0.3 is 19.7 Å². The quantitative estimate of drug-likeness (QED) is 0.376. The number of nitrogens with one attached hydrogen (secondary N) is 2. The number of nitrogens with zero attached hydrogens (tertiary/aromatic N) is 3. The Kier molecular flexibility index (Phi) is 7.28. The third kappa shape index (κ3) is 5.56. The van der Waals surface area contributed by atoms with Crippen molar-refractivity contribution in [3.05, 3.63) is 46.4 Å². The fourth-order valence-electron chi connectivity index (χ4n) is 3.02. The summed E-state index contributed by atoms with van der Waals surface area (Å²) in [5.41, 5.74) is -1.43. The minimum Gasteiger partial charge on any atom is -0.480 e. The number of aliphatic hydroxyl groups is 1. The van der Waals surface area contributed by atoms with Crippen molar-refractivity contribution in [3.8, 4) is 17.0 Å². The standard InChI is InChI=1S/C20H17ClF7N5O3/c1-7-14(16(21)32-31-7)30-18(35)10-4-11(22)9(5-13(10)36-8(2)19(23,24)25)12-6-33(3)17(29-12)15(34)20(26,27)28/h4-6,8,15,34H,1-3H3,(H,30,35)(H,31,32)/t8-,15?/m0/s1. The number of halogens is 8. The van der Waals surface area contributed by atoms with Crippen LogP contribution in [0.5, 0.6) is 5.75 Å². The van der Waals surface area contributed by atoms with Gasteiger partial charge in [-0.05, 0) is 26.0 Å². The Labute approximate surface area is 203 Å². The number of amides is 1. The number of aryl methyl sites for hydroxylation is 2. The molecule has 8 nitrogen and oxygen atoms in total. The summed E-state index contributed by atoms with van der Waals surface area (Å²) in [5, 5.41) is 17.7. The summed E-state index contributed by atoms with van der Waals surface area (Å²) >= 11 is 5.85. The second-order valence-electron chi connectivity index (χ2n) is 7.64. The maximum absolute atomic E-state index is 15.0. The van der Waals surface area contributed by atoms with E-state index in [4.69, 9.17) is 16.3 Å². The number of alkyl halides is 6. The van der Waals surface area contributed by atoms with Crippen LogP contribution >= 0.6 is 11.6 Å². The molecule has 16 heteroatoms. The first kappa shape index (κ1) is 27.3. The zero-order valence-electron chi connectivity index (χ0n) is 18.5. The van der Waals surface area contributed by atoms with Gasteiger partial charge in [-0.2, -0.15) is 31.4 Å². The number of aromatic amines is 1. The van der Waals surface area contributed by atoms with Gasteiger partial charge in [0.05, 0.1) is 17.0 Å². The van der Waals surface area contributed by atoms with Gasteiger partial charge in [0.1, 0.15) is 23.1 Å². The van der Waals surface area contributed by atoms with Crippen molar-refractivity contribution in [1.29, 1.82) is 0 Å². The van der Waals surface area contributed by atoms with Crippen LogP contribution in [0.1, 0.15) is 34.9 Å². The van der Waals surface area contributed by atoms with E-state index in [1.807, 2.05) is 0 Å². The summed E-state index contributed by atoms with van der Waals surface area (Å²) in [5.74, 6) is -3.96. The molecular formula is C20H17ClF7N5O3. The zero-order valence-corrected chi connectivity index (χ0v) is 19.3. The molecule has 0 saturated carbocycles. The molecule has 0 saturated heterocycles. The lowest BCUT2D eigenvalue weighted by Gasteiger charge is -2.20. The van der Waals surface area contributed by atoms with Crippen molar-refractivity contribution in [3.63, 3.8) is 0 Å². The average Bonchev–Trinajstić information content (AvgIpc) is 3.29. The summed E-state index contributed by atoms with van der Waals surface area (Å²) in [7, 11) is 1.10. The summed E-state index contributed by atoms with van der Waals surface area (Å²) in [6, 6.07) is 1.24. The lowest BCUT2D eigenvalue weighted by molar-refractivity contribution is -0.209. The van der Waals surface area contributed by atoms with E-state index in [2.05, 4.69) is 20.5 Å². The number of hydrogen-bond acceptors (Lipinski definition) is 5. The second kappa shape index (κ2) is 9.61. The fraction of sp³-hybridized carbons (Fsp3) is 0.350. The van der Waals surface area contributed by atoms with Crippen LogP contribution in [0.4, 0.5) is 36.4 Å². The molecule has 3 aromatic rings. The Hall–Kier alpha value is -3.33. The van der Waals surface area contributed by atoms with Crippen LogP contribution in [-0.4, -0.2) is 49.2 Å². The van der Waals surface area contributed by atoms with Gasteiger partial charge in [0, 0.05) is 18.8 Å². The van der Waals surface area contributed by atoms with E-state index in [0.717, 1.165) is 17.8 Å². The zero-order chi connectivity index (χ0) is 27.2. The molecule has 0 radical (unpaired) electrons. The Morgan fingerprint density at radius 2 is 1.86 bits per heavy atom. The summed E-state index contributed by atoms with van der Waals surface area (Å²) in [4.78, 5) is 16.4. The molecule has 0 fully saturated rings. The number of carbonyl (C=O) groups is 1. The Bertz CT molecular complexity index is 1270. The molecule has 1 unspecified atom stereocenters. The van der Waals surface area contributed by atoms with Gasteiger partial charge in [-0.3, -0.25) is 9.89 Å². The van der Waals surface area contributed by atoms with Gasteiger partial charge in [0.25, 0.3) is 5.91 Å². The number of H-pyrrole nitrogens is 1. The third-order valence-electron chi connectivity index (χ3n) is 4.96. The predicted octanol–water partition coefficient (Wildman–Crippen LogP) is 5.09. The van der Waals surface area contributed by atoms with Gasteiger partial charge in [0.2, 0.25) is 6.10 Å². The molecule has 2 aromatic heterocycles. The Morgan fingerprint density at radius 1 is 1.22 bits per heavy atom. The van der Waals surface area contributed by atoms with Crippen LogP contribution in [0, 0.1) is 12.7 Å². The lowest BCUT2D eigenvalue weighted by atomic mass is 10.1. The van der Waals surface area contributed by atoms with Crippen LogP contribution in [0.25, 0.3) is 11.3 Å². The lowest BCUT2D eigenvalue weighted by Crippen LogP contribution is -2.32. The predicted molar refractivity (Wildman–Crippen MR) is 112 cm³/mol. The number of imidazole rings is 1. The number of ether oxygens (including phenoxy) is 1. The van der Waals surface area contributed by atoms with Crippen LogP contribution in [-0.2, 0) is 7.05 Å². The molecule has 0 aliphatic rings. The van der Waals surface area contributed by atoms with Gasteiger partial charge in [-0.15, -0.1) is 0 Å². The number of carbonyl (C=O) groups excluding carboxylic acids is 1. The Morgan fingerprint density at radius 3 is 2.39 bits per heavy atom. The molecule has 0 aliphatic heterocycles. The van der Waals surface area contributed by atoms with Crippen molar-refractivity contribution >= 4 is 23.2 Å². The fourth-order valence-corrected chi connectivity index (χ4v) is 3.25. The van der Waals surface area contributed by atoms with Crippen LogP contribution < -0.4 is 10.1 Å². The number of rotatable bonds is 6. The molecule has 3 N–H and O–H groups in total. The van der Waals surface area contributed by atoms with Crippen LogP contribution in [0.15, 0.2) is 18.3 Å². The van der Waals surface area contributed by atoms with Crippen LogP contribution in [0.3, 0.4) is 0 Å². The first-order chi connectivity index (χ1) is 16.5. The smallest absolute Gasteiger partial charge is 0.425 e. The van der Waals surface area contributed by atoms with Crippen LogP contribution in [0.2, 0.25) is 5.15 Å². The summed E-state index contributed by atoms with van der Waals surface area (Å²) < 4.78 is 98.9. The highest BCUT2D eigenvalue weighted by Crippen LogP contribution is 2.36. The third-order valence-corrected chi connectivity index (χ3v) is 5.24. The minimum atomic E-state index is -5.08. The highest BCUT2D eigenvalue weighted by Gasteiger charge is 2.42. The molecule has 0 bridgehead atoms. The number of benzene rings is 1. The maximum atomic E-state index is 15.0. The first-order valence-corrected chi connectivity index (χ1v) is 10.3. The van der Waals surface area contributed by atoms with E-state index in [9.17, 15) is 36.2 Å². The van der Waals surface area contributed by atoms with Crippen molar-refractivity contribution in [1.82, 2.24) is 19.7 Å². The van der Waals surface area contributed by atoms with Crippen molar-refractivity contribution in [2.24, 2.45) is 7.05 Å². The Balaban J connectivity index is 2.10. The molecule has 0 aliphatic carbocycles. The average molecular weight is 544 g/mol. The molecular weight excluding hydrogens is 527 g/mol. The number of aliphatic hydroxyl groups excluding tert-OH is 1. The maximum Gasteiger partial charge on any atom is 0.425 e. The van der Waals surface area contributed by atoms with Gasteiger partial charge >= 0.3 is 12.4 Å². The molecule has 1 amide bonds. The highest BCUT2D eigenvalue weighted by molar-refractivity contribution is 6.33. The van der Waals surface area contributed by atoms with E-state index >= 15 is 4.39 Å². The minimum absolute atomic E-state index is 0.0172. The van der Waals surface area contributed by atoms with Crippen molar-refractivity contribution < 1.29 is 45.4 Å². The largest absolute Gasteiger partial charge is 0.480 e. The normalized spacial score (nSPS) is 14.0. The number of aromatic nitrogens is 4. The molecule has 2 atom stereocenters. The SMILES string of the molecule is Cc1[nH]nc(Cl)c1NC(=O)c1cc(F)c(-c2cn(C)c(C(O)C(F)(F)F)n2)cc1O[C@@H](C)C(F)(F)F. The van der Waals surface area contributed by atoms with Crippen molar-refractivity contribution in [2.45, 2.75) is 38.4 Å². The van der Waals surface area contributed by atoms with Crippen molar-refractivity contribution in [2.75, 3.05) is 5.32 Å². The molecule has 196 valence electrons. The molecule has 0 spiro atoms. The monoisotopic (exact) mass is 543 g/mol. The number of hydrogen-bond donors (Lipinski definition) is 3. The summed E-state index contributed by atoms with van der Waals surface area (Å²) in [6.45, 7) is 2.12. The van der Waals surface area contributed by atoms with E-state index in [0.29, 0.717) is 24.8 Å². The molecule has 1 aromatic carbocycles. The van der Waals surface area contributed by atoms with E-state index in [1.165, 1.54) is 6.92 Å². The second-order valence-corrected chi connectivity index (χ2v) is 8.00. The molecule has 36 heavy (non-hydrogen) atoms. The topological polar surface area (TPSA) is 105 Å². The number of anilines is 1.